The van der Waals surface area contributed by atoms with Gasteiger partial charge in [-0.2, -0.15) is 5.10 Å². The van der Waals surface area contributed by atoms with Crippen LogP contribution in [0.1, 0.15) is 30.0 Å². The molecule has 0 amide bonds. The summed E-state index contributed by atoms with van der Waals surface area (Å²) in [5.74, 6) is 0.0562. The minimum absolute atomic E-state index is 0.0562. The van der Waals surface area contributed by atoms with Gasteiger partial charge in [0, 0.05) is 18.9 Å². The largest absolute Gasteiger partial charge is 0.370 e. The second-order valence-electron chi connectivity index (χ2n) is 5.42. The van der Waals surface area contributed by atoms with E-state index in [2.05, 4.69) is 14.8 Å². The number of sulfonamides is 1. The molecule has 23 heavy (non-hydrogen) atoms. The van der Waals surface area contributed by atoms with Gasteiger partial charge in [-0.15, -0.1) is 0 Å². The van der Waals surface area contributed by atoms with Crippen LogP contribution in [-0.2, 0) is 27.7 Å². The fraction of sp³-hybridized carbons (Fsp3) is 0.467. The number of ether oxygens (including phenoxy) is 1. The van der Waals surface area contributed by atoms with Crippen LogP contribution < -0.4 is 4.72 Å². The normalized spacial score (nSPS) is 17.9. The number of aromatic nitrogens is 3. The number of nitrogens with zero attached hydrogens (tertiary/aromatic N) is 3. The minimum Gasteiger partial charge on any atom is -0.370 e. The molecule has 1 atom stereocenters. The molecule has 3 rings (SSSR count). The molecule has 0 aromatic carbocycles. The third-order valence-corrected chi connectivity index (χ3v) is 5.15. The Morgan fingerprint density at radius 3 is 3.04 bits per heavy atom. The van der Waals surface area contributed by atoms with E-state index in [0.717, 1.165) is 23.4 Å². The maximum Gasteiger partial charge on any atom is 0.211 e. The van der Waals surface area contributed by atoms with Crippen LogP contribution in [0.25, 0.3) is 0 Å². The molecule has 1 aliphatic heterocycles. The fourth-order valence-corrected chi connectivity index (χ4v) is 3.14. The molecular formula is C15H20N4O3S. The molecule has 0 fully saturated rings. The zero-order valence-electron chi connectivity index (χ0n) is 13.0. The Bertz CT molecular complexity index is 758. The van der Waals surface area contributed by atoms with Gasteiger partial charge in [0.2, 0.25) is 10.0 Å². The molecule has 1 N–H and O–H groups in total. The number of fused-ring (bicyclic) bond motifs is 1. The van der Waals surface area contributed by atoms with Crippen LogP contribution in [0.15, 0.2) is 30.6 Å². The molecule has 2 aromatic rings. The van der Waals surface area contributed by atoms with E-state index < -0.39 is 10.0 Å². The van der Waals surface area contributed by atoms with Gasteiger partial charge in [0.05, 0.1) is 30.3 Å². The van der Waals surface area contributed by atoms with E-state index in [-0.39, 0.29) is 18.4 Å². The van der Waals surface area contributed by atoms with Crippen LogP contribution in [0, 0.1) is 0 Å². The third-order valence-electron chi connectivity index (χ3n) is 3.78. The van der Waals surface area contributed by atoms with Gasteiger partial charge < -0.3 is 4.74 Å². The number of nitrogens with one attached hydrogen (secondary N) is 1. The third kappa shape index (κ3) is 3.95. The number of hydrogen-bond acceptors (Lipinski definition) is 5. The molecule has 0 spiro atoms. The second kappa shape index (κ2) is 6.77. The lowest BCUT2D eigenvalue weighted by Crippen LogP contribution is -2.32. The van der Waals surface area contributed by atoms with E-state index >= 15 is 0 Å². The first-order valence-corrected chi connectivity index (χ1v) is 9.27. The first kappa shape index (κ1) is 16.1. The van der Waals surface area contributed by atoms with E-state index in [0.29, 0.717) is 13.2 Å². The van der Waals surface area contributed by atoms with Crippen molar-refractivity contribution < 1.29 is 13.2 Å². The Balaban J connectivity index is 1.74. The Morgan fingerprint density at radius 2 is 2.30 bits per heavy atom. The lowest BCUT2D eigenvalue weighted by molar-refractivity contribution is 0.0430. The Kier molecular flexibility index (Phi) is 4.74. The first-order valence-electron chi connectivity index (χ1n) is 7.62. The van der Waals surface area contributed by atoms with Crippen molar-refractivity contribution in [3.05, 3.63) is 47.5 Å². The predicted molar refractivity (Wildman–Crippen MR) is 85.4 cm³/mol. The quantitative estimate of drug-likeness (QED) is 0.846. The molecule has 2 aromatic heterocycles. The zero-order valence-corrected chi connectivity index (χ0v) is 13.8. The number of hydrogen-bond donors (Lipinski definition) is 1. The molecule has 3 heterocycles. The van der Waals surface area contributed by atoms with Gasteiger partial charge in [-0.05, 0) is 31.0 Å². The standard InChI is InChI=1S/C15H20N4O3S/c1-2-23(20,21)17-9-14-15-12(6-8-22-14)10-19(18-15)11-13-5-3-4-7-16-13/h3-5,7,10,14,17H,2,6,8-9,11H2,1H3/t14-/m1/s1. The summed E-state index contributed by atoms with van der Waals surface area (Å²) in [5.41, 5.74) is 2.84. The maximum absolute atomic E-state index is 11.6. The molecule has 7 nitrogen and oxygen atoms in total. The Labute approximate surface area is 135 Å². The van der Waals surface area contributed by atoms with Crippen molar-refractivity contribution in [1.82, 2.24) is 19.5 Å². The van der Waals surface area contributed by atoms with Gasteiger partial charge >= 0.3 is 0 Å². The average Bonchev–Trinajstić information content (AvgIpc) is 2.97. The van der Waals surface area contributed by atoms with Crippen molar-refractivity contribution in [2.75, 3.05) is 18.9 Å². The average molecular weight is 336 g/mol. The summed E-state index contributed by atoms with van der Waals surface area (Å²) in [5, 5.41) is 4.57. The van der Waals surface area contributed by atoms with Gasteiger partial charge in [0.25, 0.3) is 0 Å². The van der Waals surface area contributed by atoms with Gasteiger partial charge in [-0.1, -0.05) is 6.07 Å². The van der Waals surface area contributed by atoms with E-state index in [1.807, 2.05) is 29.1 Å². The predicted octanol–water partition coefficient (Wildman–Crippen LogP) is 0.879. The van der Waals surface area contributed by atoms with Crippen LogP contribution in [0.5, 0.6) is 0 Å². The summed E-state index contributed by atoms with van der Waals surface area (Å²) in [6.45, 7) is 2.98. The maximum atomic E-state index is 11.6. The summed E-state index contributed by atoms with van der Waals surface area (Å²) in [4.78, 5) is 4.30. The van der Waals surface area contributed by atoms with Crippen molar-refractivity contribution in [3.63, 3.8) is 0 Å². The molecule has 0 unspecified atom stereocenters. The van der Waals surface area contributed by atoms with Gasteiger partial charge in [-0.3, -0.25) is 9.67 Å². The van der Waals surface area contributed by atoms with E-state index in [4.69, 9.17) is 4.74 Å². The molecule has 0 aliphatic carbocycles. The molecule has 0 bridgehead atoms. The van der Waals surface area contributed by atoms with Crippen LogP contribution in [0.3, 0.4) is 0 Å². The molecule has 1 aliphatic rings. The van der Waals surface area contributed by atoms with Gasteiger partial charge in [-0.25, -0.2) is 13.1 Å². The van der Waals surface area contributed by atoms with E-state index in [1.165, 1.54) is 0 Å². The topological polar surface area (TPSA) is 86.1 Å². The SMILES string of the molecule is CCS(=O)(=O)NC[C@H]1OCCc2cn(Cc3ccccn3)nc21. The number of pyridine rings is 1. The number of rotatable bonds is 6. The monoisotopic (exact) mass is 336 g/mol. The highest BCUT2D eigenvalue weighted by Gasteiger charge is 2.26. The van der Waals surface area contributed by atoms with Crippen molar-refractivity contribution in [1.29, 1.82) is 0 Å². The summed E-state index contributed by atoms with van der Waals surface area (Å²) < 4.78 is 33.3. The lowest BCUT2D eigenvalue weighted by Gasteiger charge is -2.22. The van der Waals surface area contributed by atoms with Crippen LogP contribution in [0.2, 0.25) is 0 Å². The van der Waals surface area contributed by atoms with Gasteiger partial charge in [0.15, 0.2) is 0 Å². The van der Waals surface area contributed by atoms with Crippen LogP contribution in [-0.4, -0.2) is 42.1 Å². The highest BCUT2D eigenvalue weighted by Crippen LogP contribution is 2.25. The zero-order chi connectivity index (χ0) is 16.3. The minimum atomic E-state index is -3.24. The lowest BCUT2D eigenvalue weighted by atomic mass is 10.1. The fourth-order valence-electron chi connectivity index (χ4n) is 2.53. The van der Waals surface area contributed by atoms with Crippen LogP contribution >= 0.6 is 0 Å². The second-order valence-corrected chi connectivity index (χ2v) is 7.52. The summed E-state index contributed by atoms with van der Waals surface area (Å²) in [6.07, 6.45) is 4.19. The summed E-state index contributed by atoms with van der Waals surface area (Å²) in [6, 6.07) is 5.77. The molecule has 0 radical (unpaired) electrons. The van der Waals surface area contributed by atoms with Crippen LogP contribution in [0.4, 0.5) is 0 Å². The Morgan fingerprint density at radius 1 is 1.43 bits per heavy atom. The molecule has 0 saturated heterocycles. The summed E-state index contributed by atoms with van der Waals surface area (Å²) >= 11 is 0. The van der Waals surface area contributed by atoms with Crippen molar-refractivity contribution in [3.8, 4) is 0 Å². The van der Waals surface area contributed by atoms with E-state index in [9.17, 15) is 8.42 Å². The molecular weight excluding hydrogens is 316 g/mol. The van der Waals surface area contributed by atoms with Crippen molar-refractivity contribution >= 4 is 10.0 Å². The molecule has 124 valence electrons. The molecule has 0 saturated carbocycles. The highest BCUT2D eigenvalue weighted by molar-refractivity contribution is 7.89. The highest BCUT2D eigenvalue weighted by atomic mass is 32.2. The van der Waals surface area contributed by atoms with E-state index in [1.54, 1.807) is 13.1 Å². The van der Waals surface area contributed by atoms with Crippen molar-refractivity contribution in [2.24, 2.45) is 0 Å². The smallest absolute Gasteiger partial charge is 0.211 e. The van der Waals surface area contributed by atoms with Crippen molar-refractivity contribution in [2.45, 2.75) is 26.0 Å². The Hall–Kier alpha value is -1.77. The molecule has 8 heteroatoms. The van der Waals surface area contributed by atoms with Gasteiger partial charge in [0.1, 0.15) is 6.10 Å². The summed E-state index contributed by atoms with van der Waals surface area (Å²) in [7, 11) is -3.24. The first-order chi connectivity index (χ1) is 11.1.